The van der Waals surface area contributed by atoms with E-state index in [0.29, 0.717) is 5.88 Å². The molecule has 2 nitrogen and oxygen atoms in total. The third kappa shape index (κ3) is 3.25. The van der Waals surface area contributed by atoms with Crippen LogP contribution in [0.5, 0.6) is 0 Å². The van der Waals surface area contributed by atoms with E-state index in [1.54, 1.807) is 0 Å². The fourth-order valence-corrected chi connectivity index (χ4v) is 2.85. The summed E-state index contributed by atoms with van der Waals surface area (Å²) in [6.45, 7) is 9.62. The molecule has 1 unspecified atom stereocenters. The monoisotopic (exact) mass is 320 g/mol. The Kier molecular flexibility index (Phi) is 5.52. The van der Waals surface area contributed by atoms with Crippen molar-refractivity contribution in [3.8, 4) is 0 Å². The minimum atomic E-state index is 0.155. The molecule has 0 aliphatic heterocycles. The highest BCUT2D eigenvalue weighted by Gasteiger charge is 2.26. The fraction of sp³-hybridized carbons (Fsp3) is 0.769. The van der Waals surface area contributed by atoms with E-state index in [-0.39, 0.29) is 5.41 Å². The Bertz CT molecular complexity index is 370. The number of aryl methyl sites for hydroxylation is 2. The van der Waals surface area contributed by atoms with Crippen molar-refractivity contribution in [2.75, 3.05) is 5.88 Å². The van der Waals surface area contributed by atoms with E-state index in [1.807, 2.05) is 0 Å². The molecule has 1 atom stereocenters. The van der Waals surface area contributed by atoms with Gasteiger partial charge in [0.05, 0.1) is 15.9 Å². The van der Waals surface area contributed by atoms with E-state index in [9.17, 15) is 0 Å². The highest BCUT2D eigenvalue weighted by molar-refractivity contribution is 9.10. The van der Waals surface area contributed by atoms with E-state index < -0.39 is 0 Å². The summed E-state index contributed by atoms with van der Waals surface area (Å²) in [6.07, 6.45) is 3.03. The lowest BCUT2D eigenvalue weighted by molar-refractivity contribution is 0.343. The number of hydrogen-bond donors (Lipinski definition) is 0. The van der Waals surface area contributed by atoms with Crippen molar-refractivity contribution < 1.29 is 0 Å². The van der Waals surface area contributed by atoms with Gasteiger partial charge in [-0.2, -0.15) is 5.10 Å². The molecule has 0 saturated heterocycles. The highest BCUT2D eigenvalue weighted by Crippen LogP contribution is 2.32. The van der Waals surface area contributed by atoms with Gasteiger partial charge in [0, 0.05) is 12.4 Å². The molecule has 0 amide bonds. The number of halogens is 2. The van der Waals surface area contributed by atoms with Gasteiger partial charge < -0.3 is 0 Å². The summed E-state index contributed by atoms with van der Waals surface area (Å²) in [4.78, 5) is 0. The van der Waals surface area contributed by atoms with Crippen LogP contribution in [-0.4, -0.2) is 15.7 Å². The van der Waals surface area contributed by atoms with Crippen LogP contribution in [0.3, 0.4) is 0 Å². The summed E-state index contributed by atoms with van der Waals surface area (Å²) in [5.74, 6) is 0.687. The Balaban J connectivity index is 3.08. The van der Waals surface area contributed by atoms with Gasteiger partial charge in [-0.3, -0.25) is 4.68 Å². The molecule has 0 radical (unpaired) electrons. The van der Waals surface area contributed by atoms with Gasteiger partial charge >= 0.3 is 0 Å². The van der Waals surface area contributed by atoms with E-state index >= 15 is 0 Å². The molecule has 1 heterocycles. The molecule has 98 valence electrons. The van der Waals surface area contributed by atoms with Crippen molar-refractivity contribution in [2.24, 2.45) is 5.41 Å². The lowest BCUT2D eigenvalue weighted by Crippen LogP contribution is -2.22. The second kappa shape index (κ2) is 6.24. The minimum Gasteiger partial charge on any atom is -0.268 e. The molecular formula is C13H22BrClN2. The van der Waals surface area contributed by atoms with Crippen molar-refractivity contribution in [3.05, 3.63) is 15.9 Å². The van der Waals surface area contributed by atoms with E-state index in [0.717, 1.165) is 31.5 Å². The Morgan fingerprint density at radius 1 is 1.35 bits per heavy atom. The van der Waals surface area contributed by atoms with Gasteiger partial charge in [0.25, 0.3) is 0 Å². The first-order valence-electron chi connectivity index (χ1n) is 6.31. The second-order valence-electron chi connectivity index (χ2n) is 4.85. The molecule has 17 heavy (non-hydrogen) atoms. The molecule has 0 N–H and O–H groups in total. The summed E-state index contributed by atoms with van der Waals surface area (Å²) in [5.41, 5.74) is 2.59. The molecule has 0 aliphatic carbocycles. The van der Waals surface area contributed by atoms with Gasteiger partial charge in [0.1, 0.15) is 0 Å². The van der Waals surface area contributed by atoms with E-state index in [1.165, 1.54) is 10.2 Å². The zero-order valence-corrected chi connectivity index (χ0v) is 13.5. The predicted octanol–water partition coefficient (Wildman–Crippen LogP) is 4.43. The average molecular weight is 322 g/mol. The smallest absolute Gasteiger partial charge is 0.0766 e. The zero-order chi connectivity index (χ0) is 13.1. The van der Waals surface area contributed by atoms with Crippen LogP contribution >= 0.6 is 27.5 Å². The average Bonchev–Trinajstić information content (AvgIpc) is 2.66. The zero-order valence-electron chi connectivity index (χ0n) is 11.2. The molecule has 0 bridgehead atoms. The maximum atomic E-state index is 6.10. The summed E-state index contributed by atoms with van der Waals surface area (Å²) < 4.78 is 3.27. The Hall–Kier alpha value is -0.0200. The van der Waals surface area contributed by atoms with Crippen LogP contribution in [0.15, 0.2) is 4.47 Å². The Morgan fingerprint density at radius 2 is 2.00 bits per heavy atom. The van der Waals surface area contributed by atoms with Gasteiger partial charge in [0.15, 0.2) is 0 Å². The molecule has 0 aromatic carbocycles. The maximum absolute atomic E-state index is 6.10. The number of aromatic nitrogens is 2. The summed E-state index contributed by atoms with van der Waals surface area (Å²) >= 11 is 9.79. The van der Waals surface area contributed by atoms with Gasteiger partial charge in [-0.05, 0) is 47.5 Å². The normalized spacial score (nSPS) is 14.9. The lowest BCUT2D eigenvalue weighted by Gasteiger charge is -2.25. The number of hydrogen-bond acceptors (Lipinski definition) is 1. The van der Waals surface area contributed by atoms with Gasteiger partial charge in [0.2, 0.25) is 0 Å². The Morgan fingerprint density at radius 3 is 2.41 bits per heavy atom. The molecule has 0 spiro atoms. The largest absolute Gasteiger partial charge is 0.268 e. The molecule has 1 rings (SSSR count). The molecule has 4 heteroatoms. The van der Waals surface area contributed by atoms with Gasteiger partial charge in [-0.25, -0.2) is 0 Å². The third-order valence-electron chi connectivity index (χ3n) is 3.46. The van der Waals surface area contributed by atoms with Crippen molar-refractivity contribution in [2.45, 2.75) is 53.5 Å². The van der Waals surface area contributed by atoms with E-state index in [2.05, 4.69) is 53.4 Å². The van der Waals surface area contributed by atoms with Crippen LogP contribution in [0.4, 0.5) is 0 Å². The molecule has 1 aromatic rings. The van der Waals surface area contributed by atoms with Crippen LogP contribution in [0.1, 0.15) is 45.5 Å². The first-order chi connectivity index (χ1) is 8.01. The summed E-state index contributed by atoms with van der Waals surface area (Å²) in [6, 6.07) is 0. The molecule has 0 aliphatic rings. The first-order valence-corrected chi connectivity index (χ1v) is 7.64. The Labute approximate surface area is 118 Å². The van der Waals surface area contributed by atoms with Crippen molar-refractivity contribution >= 4 is 27.5 Å². The van der Waals surface area contributed by atoms with Gasteiger partial charge in [-0.15, -0.1) is 11.6 Å². The molecule has 0 fully saturated rings. The van der Waals surface area contributed by atoms with Crippen LogP contribution in [0, 0.1) is 5.41 Å². The standard InChI is InChI=1S/C13H22BrClN2/c1-5-10-12(14)11(17(7-3)16-10)8-13(4,6-2)9-15/h5-9H2,1-4H3. The van der Waals surface area contributed by atoms with Crippen molar-refractivity contribution in [1.29, 1.82) is 0 Å². The first kappa shape index (κ1) is 15.0. The summed E-state index contributed by atoms with van der Waals surface area (Å²) in [5, 5.41) is 4.63. The molecule has 1 aromatic heterocycles. The molecular weight excluding hydrogens is 300 g/mol. The quantitative estimate of drug-likeness (QED) is 0.709. The van der Waals surface area contributed by atoms with E-state index in [4.69, 9.17) is 11.6 Å². The van der Waals surface area contributed by atoms with Crippen molar-refractivity contribution in [1.82, 2.24) is 9.78 Å². The highest BCUT2D eigenvalue weighted by atomic mass is 79.9. The molecule has 0 saturated carbocycles. The topological polar surface area (TPSA) is 17.8 Å². The number of alkyl halides is 1. The SMILES string of the molecule is CCc1nn(CC)c(CC(C)(CC)CCl)c1Br. The van der Waals surface area contributed by atoms with Crippen LogP contribution < -0.4 is 0 Å². The lowest BCUT2D eigenvalue weighted by atomic mass is 9.85. The van der Waals surface area contributed by atoms with Gasteiger partial charge in [-0.1, -0.05) is 20.8 Å². The van der Waals surface area contributed by atoms with Crippen LogP contribution in [0.2, 0.25) is 0 Å². The minimum absolute atomic E-state index is 0.155. The second-order valence-corrected chi connectivity index (χ2v) is 5.91. The number of nitrogens with zero attached hydrogens (tertiary/aromatic N) is 2. The summed E-state index contributed by atoms with van der Waals surface area (Å²) in [7, 11) is 0. The van der Waals surface area contributed by atoms with Crippen LogP contribution in [-0.2, 0) is 19.4 Å². The predicted molar refractivity (Wildman–Crippen MR) is 77.8 cm³/mol. The van der Waals surface area contributed by atoms with Crippen LogP contribution in [0.25, 0.3) is 0 Å². The van der Waals surface area contributed by atoms with Crippen molar-refractivity contribution in [3.63, 3.8) is 0 Å². The third-order valence-corrected chi connectivity index (χ3v) is 5.03. The number of rotatable bonds is 6. The fourth-order valence-electron chi connectivity index (χ4n) is 1.86. The maximum Gasteiger partial charge on any atom is 0.0766 e.